The van der Waals surface area contributed by atoms with Crippen molar-refractivity contribution in [1.29, 1.82) is 0 Å². The molecular formula is C22H23N3O4. The molecule has 1 saturated heterocycles. The number of fused-ring (bicyclic) bond motifs is 2. The zero-order valence-corrected chi connectivity index (χ0v) is 16.3. The molecule has 4 rings (SSSR count). The van der Waals surface area contributed by atoms with Gasteiger partial charge in [0.1, 0.15) is 23.7 Å². The van der Waals surface area contributed by atoms with Crippen molar-refractivity contribution in [3.8, 4) is 11.5 Å². The maximum Gasteiger partial charge on any atom is 0.315 e. The molecule has 2 aromatic rings. The summed E-state index contributed by atoms with van der Waals surface area (Å²) in [6, 6.07) is 15.6. The number of benzene rings is 2. The topological polar surface area (TPSA) is 71.4 Å². The van der Waals surface area contributed by atoms with Crippen molar-refractivity contribution < 1.29 is 19.1 Å². The van der Waals surface area contributed by atoms with E-state index in [-0.39, 0.29) is 12.3 Å². The second-order valence-electron chi connectivity index (χ2n) is 6.98. The Morgan fingerprint density at radius 2 is 1.76 bits per heavy atom. The molecule has 2 aliphatic heterocycles. The van der Waals surface area contributed by atoms with E-state index in [2.05, 4.69) is 9.64 Å². The van der Waals surface area contributed by atoms with Crippen LogP contribution in [0.3, 0.4) is 0 Å². The van der Waals surface area contributed by atoms with Crippen LogP contribution in [-0.4, -0.2) is 60.8 Å². The Morgan fingerprint density at radius 3 is 2.59 bits per heavy atom. The number of aliphatic imine (C=N–C) groups is 1. The predicted molar refractivity (Wildman–Crippen MR) is 109 cm³/mol. The molecular weight excluding hydrogens is 370 g/mol. The summed E-state index contributed by atoms with van der Waals surface area (Å²) >= 11 is 0. The third kappa shape index (κ3) is 4.08. The quantitative estimate of drug-likeness (QED) is 0.579. The van der Waals surface area contributed by atoms with Gasteiger partial charge in [-0.15, -0.1) is 0 Å². The minimum Gasteiger partial charge on any atom is -0.469 e. The molecule has 0 spiro atoms. The van der Waals surface area contributed by atoms with E-state index < -0.39 is 5.97 Å². The minimum atomic E-state index is -0.507. The van der Waals surface area contributed by atoms with E-state index in [1.54, 1.807) is 4.90 Å². The number of carbonyl (C=O) groups excluding carboxylic acids is 2. The number of amidine groups is 1. The Bertz CT molecular complexity index is 957. The number of rotatable bonds is 2. The molecule has 0 aromatic heterocycles. The number of nitrogens with zero attached hydrogens (tertiary/aromatic N) is 3. The summed E-state index contributed by atoms with van der Waals surface area (Å²) in [5.41, 5.74) is 1.71. The van der Waals surface area contributed by atoms with Gasteiger partial charge in [-0.1, -0.05) is 24.3 Å². The Kier molecular flexibility index (Phi) is 5.46. The zero-order chi connectivity index (χ0) is 20.2. The highest BCUT2D eigenvalue weighted by atomic mass is 16.5. The van der Waals surface area contributed by atoms with E-state index in [0.717, 1.165) is 41.6 Å². The van der Waals surface area contributed by atoms with Crippen LogP contribution in [0.4, 0.5) is 5.69 Å². The van der Waals surface area contributed by atoms with Crippen molar-refractivity contribution >= 4 is 23.4 Å². The Hall–Kier alpha value is -3.35. The highest BCUT2D eigenvalue weighted by Gasteiger charge is 2.26. The first-order valence-corrected chi connectivity index (χ1v) is 9.70. The molecule has 2 aliphatic rings. The van der Waals surface area contributed by atoms with Crippen LogP contribution in [0.15, 0.2) is 53.5 Å². The third-order valence-corrected chi connectivity index (χ3v) is 5.11. The summed E-state index contributed by atoms with van der Waals surface area (Å²) in [6.07, 6.45) is 0.568. The first-order chi connectivity index (χ1) is 14.2. The zero-order valence-electron chi connectivity index (χ0n) is 16.3. The van der Waals surface area contributed by atoms with Crippen LogP contribution in [0.25, 0.3) is 0 Å². The highest BCUT2D eigenvalue weighted by Crippen LogP contribution is 2.37. The van der Waals surface area contributed by atoms with Crippen molar-refractivity contribution in [3.63, 3.8) is 0 Å². The molecule has 0 radical (unpaired) electrons. The van der Waals surface area contributed by atoms with Crippen LogP contribution in [0.5, 0.6) is 11.5 Å². The van der Waals surface area contributed by atoms with Crippen molar-refractivity contribution in [1.82, 2.24) is 9.80 Å². The summed E-state index contributed by atoms with van der Waals surface area (Å²) < 4.78 is 10.7. The molecule has 150 valence electrons. The smallest absolute Gasteiger partial charge is 0.315 e. The fourth-order valence-corrected chi connectivity index (χ4v) is 3.60. The van der Waals surface area contributed by atoms with Gasteiger partial charge in [-0.05, 0) is 30.7 Å². The summed E-state index contributed by atoms with van der Waals surface area (Å²) in [6.45, 7) is 2.52. The van der Waals surface area contributed by atoms with Gasteiger partial charge in [-0.25, -0.2) is 4.99 Å². The van der Waals surface area contributed by atoms with E-state index >= 15 is 0 Å². The maximum atomic E-state index is 12.4. The average molecular weight is 393 g/mol. The van der Waals surface area contributed by atoms with Gasteiger partial charge in [0.05, 0.1) is 12.7 Å². The van der Waals surface area contributed by atoms with E-state index in [0.29, 0.717) is 19.6 Å². The van der Waals surface area contributed by atoms with Crippen LogP contribution in [0.2, 0.25) is 0 Å². The van der Waals surface area contributed by atoms with Crippen LogP contribution < -0.4 is 4.74 Å². The van der Waals surface area contributed by atoms with E-state index in [9.17, 15) is 9.59 Å². The molecule has 0 saturated carbocycles. The lowest BCUT2D eigenvalue weighted by Crippen LogP contribution is -2.38. The molecule has 0 N–H and O–H groups in total. The SMILES string of the molecule is COC(=O)CC(=O)N1CCCN(C2=Nc3ccccc3Oc3ccccc32)CC1. The summed E-state index contributed by atoms with van der Waals surface area (Å²) in [4.78, 5) is 32.7. The van der Waals surface area contributed by atoms with Gasteiger partial charge in [0.25, 0.3) is 0 Å². The van der Waals surface area contributed by atoms with Crippen molar-refractivity contribution in [3.05, 3.63) is 54.1 Å². The van der Waals surface area contributed by atoms with Crippen LogP contribution >= 0.6 is 0 Å². The number of hydrogen-bond donors (Lipinski definition) is 0. The van der Waals surface area contributed by atoms with E-state index in [4.69, 9.17) is 9.73 Å². The Balaban J connectivity index is 1.60. The molecule has 7 nitrogen and oxygen atoms in total. The minimum absolute atomic E-state index is 0.199. The van der Waals surface area contributed by atoms with Crippen LogP contribution in [0.1, 0.15) is 18.4 Å². The number of ether oxygens (including phenoxy) is 2. The molecule has 2 aromatic carbocycles. The first kappa shape index (κ1) is 19.0. The molecule has 1 amide bonds. The van der Waals surface area contributed by atoms with Gasteiger partial charge < -0.3 is 19.3 Å². The standard InChI is InChI=1S/C22H23N3O4/c1-28-21(27)15-20(26)24-11-6-12-25(14-13-24)22-16-7-2-4-9-18(16)29-19-10-5-3-8-17(19)23-22/h2-5,7-10H,6,11-15H2,1H3. The fourth-order valence-electron chi connectivity index (χ4n) is 3.60. The van der Waals surface area contributed by atoms with Gasteiger partial charge in [-0.3, -0.25) is 9.59 Å². The molecule has 1 fully saturated rings. The van der Waals surface area contributed by atoms with Crippen molar-refractivity contribution in [2.24, 2.45) is 4.99 Å². The van der Waals surface area contributed by atoms with Gasteiger partial charge >= 0.3 is 5.97 Å². The number of hydrogen-bond acceptors (Lipinski definition) is 6. The second kappa shape index (κ2) is 8.34. The van der Waals surface area contributed by atoms with Crippen LogP contribution in [0, 0.1) is 0 Å². The number of carbonyl (C=O) groups is 2. The molecule has 2 heterocycles. The predicted octanol–water partition coefficient (Wildman–Crippen LogP) is 2.97. The lowest BCUT2D eigenvalue weighted by atomic mass is 10.1. The lowest BCUT2D eigenvalue weighted by Gasteiger charge is -2.25. The molecule has 29 heavy (non-hydrogen) atoms. The molecule has 0 aliphatic carbocycles. The highest BCUT2D eigenvalue weighted by molar-refractivity contribution is 6.03. The maximum absolute atomic E-state index is 12.4. The van der Waals surface area contributed by atoms with Gasteiger partial charge in [0.15, 0.2) is 5.75 Å². The van der Waals surface area contributed by atoms with E-state index in [1.807, 2.05) is 48.5 Å². The largest absolute Gasteiger partial charge is 0.469 e. The van der Waals surface area contributed by atoms with E-state index in [1.165, 1.54) is 7.11 Å². The number of methoxy groups -OCH3 is 1. The Labute approximate surface area is 169 Å². The van der Waals surface area contributed by atoms with Gasteiger partial charge in [0.2, 0.25) is 5.91 Å². The van der Waals surface area contributed by atoms with Crippen molar-refractivity contribution in [2.75, 3.05) is 33.3 Å². The summed E-state index contributed by atoms with van der Waals surface area (Å²) in [7, 11) is 1.29. The summed E-state index contributed by atoms with van der Waals surface area (Å²) in [5, 5.41) is 0. The number of para-hydroxylation sites is 3. The average Bonchev–Trinajstić information content (AvgIpc) is 3.08. The second-order valence-corrected chi connectivity index (χ2v) is 6.98. The number of amides is 1. The normalized spacial score (nSPS) is 15.8. The number of esters is 1. The third-order valence-electron chi connectivity index (χ3n) is 5.11. The summed E-state index contributed by atoms with van der Waals surface area (Å²) in [5.74, 6) is 1.62. The van der Waals surface area contributed by atoms with Crippen molar-refractivity contribution in [2.45, 2.75) is 12.8 Å². The van der Waals surface area contributed by atoms with Crippen LogP contribution in [-0.2, 0) is 14.3 Å². The Morgan fingerprint density at radius 1 is 1.00 bits per heavy atom. The molecule has 0 bridgehead atoms. The molecule has 0 unspecified atom stereocenters. The molecule has 0 atom stereocenters. The van der Waals surface area contributed by atoms with Gasteiger partial charge in [-0.2, -0.15) is 0 Å². The fraction of sp³-hybridized carbons (Fsp3) is 0.318. The molecule has 7 heteroatoms. The lowest BCUT2D eigenvalue weighted by molar-refractivity contribution is -0.146. The van der Waals surface area contributed by atoms with Gasteiger partial charge in [0, 0.05) is 26.2 Å². The first-order valence-electron chi connectivity index (χ1n) is 9.70. The monoisotopic (exact) mass is 393 g/mol.